The van der Waals surface area contributed by atoms with E-state index in [1.54, 1.807) is 0 Å². The van der Waals surface area contributed by atoms with Crippen molar-refractivity contribution in [1.82, 2.24) is 5.32 Å². The molecule has 1 aliphatic carbocycles. The first-order valence-electron chi connectivity index (χ1n) is 6.32. The van der Waals surface area contributed by atoms with Gasteiger partial charge in [-0.3, -0.25) is 0 Å². The van der Waals surface area contributed by atoms with Crippen molar-refractivity contribution < 1.29 is 9.47 Å². The van der Waals surface area contributed by atoms with Gasteiger partial charge in [0.2, 0.25) is 0 Å². The normalized spacial score (nSPS) is 23.1. The zero-order valence-electron chi connectivity index (χ0n) is 10.4. The summed E-state index contributed by atoms with van der Waals surface area (Å²) in [6.07, 6.45) is 2.82. The van der Waals surface area contributed by atoms with Gasteiger partial charge in [0, 0.05) is 0 Å². The van der Waals surface area contributed by atoms with Crippen LogP contribution in [0.3, 0.4) is 0 Å². The fourth-order valence-corrected chi connectivity index (χ4v) is 2.16. The number of hydrogen-bond donors (Lipinski definition) is 1. The van der Waals surface area contributed by atoms with Crippen LogP contribution in [0.15, 0.2) is 30.3 Å². The first-order valence-corrected chi connectivity index (χ1v) is 6.32. The maximum atomic E-state index is 5.72. The van der Waals surface area contributed by atoms with Gasteiger partial charge in [0.1, 0.15) is 12.4 Å². The van der Waals surface area contributed by atoms with Gasteiger partial charge >= 0.3 is 0 Å². The molecule has 0 aromatic heterocycles. The van der Waals surface area contributed by atoms with Crippen LogP contribution in [0.2, 0.25) is 0 Å². The van der Waals surface area contributed by atoms with Crippen molar-refractivity contribution in [3.8, 4) is 5.75 Å². The fraction of sp³-hybridized carbons (Fsp3) is 0.571. The average molecular weight is 235 g/mol. The number of ether oxygens (including phenoxy) is 2. The van der Waals surface area contributed by atoms with Crippen molar-refractivity contribution in [1.29, 1.82) is 0 Å². The molecule has 94 valence electrons. The molecule has 3 nitrogen and oxygen atoms in total. The molecule has 0 bridgehead atoms. The van der Waals surface area contributed by atoms with E-state index in [1.165, 1.54) is 12.8 Å². The SMILES string of the molecule is CNCC1CC(OCCOc2ccccc2)C1. The summed E-state index contributed by atoms with van der Waals surface area (Å²) in [5.74, 6) is 1.72. The zero-order valence-corrected chi connectivity index (χ0v) is 10.4. The summed E-state index contributed by atoms with van der Waals surface area (Å²) in [5, 5.41) is 3.20. The molecule has 0 amide bonds. The molecule has 1 saturated carbocycles. The smallest absolute Gasteiger partial charge is 0.119 e. The van der Waals surface area contributed by atoms with Crippen molar-refractivity contribution in [2.45, 2.75) is 18.9 Å². The van der Waals surface area contributed by atoms with Gasteiger partial charge in [0.15, 0.2) is 0 Å². The lowest BCUT2D eigenvalue weighted by molar-refractivity contribution is -0.0387. The second-order valence-electron chi connectivity index (χ2n) is 4.55. The third kappa shape index (κ3) is 4.02. The van der Waals surface area contributed by atoms with E-state index in [0.29, 0.717) is 19.3 Å². The van der Waals surface area contributed by atoms with E-state index in [9.17, 15) is 0 Å². The summed E-state index contributed by atoms with van der Waals surface area (Å²) < 4.78 is 11.3. The molecule has 0 radical (unpaired) electrons. The van der Waals surface area contributed by atoms with Crippen LogP contribution in [0.5, 0.6) is 5.75 Å². The molecule has 3 heteroatoms. The van der Waals surface area contributed by atoms with Crippen molar-refractivity contribution in [3.05, 3.63) is 30.3 Å². The van der Waals surface area contributed by atoms with Crippen LogP contribution in [0.25, 0.3) is 0 Å². The zero-order chi connectivity index (χ0) is 11.9. The molecule has 0 heterocycles. The Kier molecular flexibility index (Phi) is 4.83. The molecule has 0 atom stereocenters. The molecule has 0 unspecified atom stereocenters. The quantitative estimate of drug-likeness (QED) is 0.734. The van der Waals surface area contributed by atoms with Gasteiger partial charge in [-0.15, -0.1) is 0 Å². The Labute approximate surface area is 103 Å². The molecular formula is C14H21NO2. The maximum Gasteiger partial charge on any atom is 0.119 e. The van der Waals surface area contributed by atoms with Crippen LogP contribution in [0, 0.1) is 5.92 Å². The van der Waals surface area contributed by atoms with Gasteiger partial charge in [-0.05, 0) is 44.5 Å². The third-order valence-corrected chi connectivity index (χ3v) is 3.13. The number of hydrogen-bond acceptors (Lipinski definition) is 3. The van der Waals surface area contributed by atoms with Crippen molar-refractivity contribution in [2.24, 2.45) is 5.92 Å². The van der Waals surface area contributed by atoms with Gasteiger partial charge in [-0.1, -0.05) is 18.2 Å². The molecule has 1 aliphatic rings. The summed E-state index contributed by atoms with van der Waals surface area (Å²) in [6.45, 7) is 2.43. The molecule has 2 rings (SSSR count). The van der Waals surface area contributed by atoms with Crippen LogP contribution in [-0.2, 0) is 4.74 Å². The Morgan fingerprint density at radius 3 is 2.65 bits per heavy atom. The predicted octanol–water partition coefficient (Wildman–Crippen LogP) is 2.08. The molecular weight excluding hydrogens is 214 g/mol. The highest BCUT2D eigenvalue weighted by atomic mass is 16.5. The van der Waals surface area contributed by atoms with E-state index >= 15 is 0 Å². The molecule has 0 saturated heterocycles. The summed E-state index contributed by atoms with van der Waals surface area (Å²) in [6, 6.07) is 9.87. The lowest BCUT2D eigenvalue weighted by atomic mass is 9.82. The van der Waals surface area contributed by atoms with Crippen LogP contribution in [0.4, 0.5) is 0 Å². The Bertz CT molecular complexity index is 309. The molecule has 0 aliphatic heterocycles. The van der Waals surface area contributed by atoms with Crippen molar-refractivity contribution in [3.63, 3.8) is 0 Å². The van der Waals surface area contributed by atoms with Gasteiger partial charge in [-0.2, -0.15) is 0 Å². The van der Waals surface area contributed by atoms with Gasteiger partial charge < -0.3 is 14.8 Å². The molecule has 1 aromatic rings. The number of nitrogens with one attached hydrogen (secondary N) is 1. The predicted molar refractivity (Wildman–Crippen MR) is 68.3 cm³/mol. The van der Waals surface area contributed by atoms with Crippen LogP contribution >= 0.6 is 0 Å². The van der Waals surface area contributed by atoms with Gasteiger partial charge in [0.05, 0.1) is 12.7 Å². The average Bonchev–Trinajstić information content (AvgIpc) is 2.32. The topological polar surface area (TPSA) is 30.5 Å². The Hall–Kier alpha value is -1.06. The molecule has 0 spiro atoms. The van der Waals surface area contributed by atoms with Crippen molar-refractivity contribution in [2.75, 3.05) is 26.8 Å². The lowest BCUT2D eigenvalue weighted by Gasteiger charge is -2.34. The highest BCUT2D eigenvalue weighted by Gasteiger charge is 2.28. The minimum atomic E-state index is 0.452. The Morgan fingerprint density at radius 1 is 1.18 bits per heavy atom. The van der Waals surface area contributed by atoms with E-state index < -0.39 is 0 Å². The minimum absolute atomic E-state index is 0.452. The standard InChI is InChI=1S/C14H21NO2/c1-15-11-12-9-14(10-12)17-8-7-16-13-5-3-2-4-6-13/h2-6,12,14-15H,7-11H2,1H3. The molecule has 1 fully saturated rings. The molecule has 1 N–H and O–H groups in total. The highest BCUT2D eigenvalue weighted by Crippen LogP contribution is 2.29. The number of para-hydroxylation sites is 1. The van der Waals surface area contributed by atoms with Gasteiger partial charge in [-0.25, -0.2) is 0 Å². The Morgan fingerprint density at radius 2 is 1.94 bits per heavy atom. The van der Waals surface area contributed by atoms with E-state index in [1.807, 2.05) is 37.4 Å². The second kappa shape index (κ2) is 6.62. The summed E-state index contributed by atoms with van der Waals surface area (Å²) in [7, 11) is 2.00. The third-order valence-electron chi connectivity index (χ3n) is 3.13. The highest BCUT2D eigenvalue weighted by molar-refractivity contribution is 5.20. The van der Waals surface area contributed by atoms with Crippen LogP contribution in [0.1, 0.15) is 12.8 Å². The van der Waals surface area contributed by atoms with E-state index in [-0.39, 0.29) is 0 Å². The van der Waals surface area contributed by atoms with Crippen LogP contribution < -0.4 is 10.1 Å². The van der Waals surface area contributed by atoms with E-state index in [0.717, 1.165) is 18.2 Å². The largest absolute Gasteiger partial charge is 0.491 e. The number of rotatable bonds is 7. The summed E-state index contributed by atoms with van der Waals surface area (Å²) in [4.78, 5) is 0. The second-order valence-corrected chi connectivity index (χ2v) is 4.55. The van der Waals surface area contributed by atoms with Gasteiger partial charge in [0.25, 0.3) is 0 Å². The first-order chi connectivity index (χ1) is 8.38. The van der Waals surface area contributed by atoms with Crippen LogP contribution in [-0.4, -0.2) is 32.9 Å². The van der Waals surface area contributed by atoms with E-state index in [4.69, 9.17) is 9.47 Å². The fourth-order valence-electron chi connectivity index (χ4n) is 2.16. The molecule has 1 aromatic carbocycles. The van der Waals surface area contributed by atoms with Crippen molar-refractivity contribution >= 4 is 0 Å². The molecule has 17 heavy (non-hydrogen) atoms. The minimum Gasteiger partial charge on any atom is -0.491 e. The summed E-state index contributed by atoms with van der Waals surface area (Å²) >= 11 is 0. The monoisotopic (exact) mass is 235 g/mol. The summed E-state index contributed by atoms with van der Waals surface area (Å²) in [5.41, 5.74) is 0. The first kappa shape index (κ1) is 12.4. The number of benzene rings is 1. The lowest BCUT2D eigenvalue weighted by Crippen LogP contribution is -2.37. The van der Waals surface area contributed by atoms with E-state index in [2.05, 4.69) is 5.32 Å². The Balaban J connectivity index is 1.50. The maximum absolute atomic E-state index is 5.72.